The van der Waals surface area contributed by atoms with E-state index < -0.39 is 30.4 Å². The summed E-state index contributed by atoms with van der Waals surface area (Å²) in [5, 5.41) is 2.85. The molecule has 422 valence electrons. The Balaban J connectivity index is 0.000000184. The zero-order valence-electron chi connectivity index (χ0n) is 45.8. The number of nitrogens with one attached hydrogen (secondary N) is 1. The van der Waals surface area contributed by atoms with E-state index >= 15 is 0 Å². The summed E-state index contributed by atoms with van der Waals surface area (Å²) in [5.74, 6) is 0.499. The number of carbonyl (C=O) groups is 3. The van der Waals surface area contributed by atoms with Crippen molar-refractivity contribution in [3.05, 3.63) is 287 Å². The van der Waals surface area contributed by atoms with Gasteiger partial charge in [-0.3, -0.25) is 18.6 Å². The van der Waals surface area contributed by atoms with Crippen molar-refractivity contribution in [2.75, 3.05) is 12.4 Å². The lowest BCUT2D eigenvalue weighted by Crippen LogP contribution is -2.14. The molecular weight excluding hydrogens is 1090 g/mol. The van der Waals surface area contributed by atoms with Crippen LogP contribution in [0, 0.1) is 20.8 Å². The lowest BCUT2D eigenvalue weighted by atomic mass is 10.0. The Labute approximate surface area is 481 Å². The van der Waals surface area contributed by atoms with Crippen LogP contribution in [-0.2, 0) is 81.0 Å². The number of anilines is 1. The standard InChI is InChI=1S/2C22H20O4S.C14H13NO.C8H10O3S/c1-17-11-13-21(14-12-17)27(24,25)26-22-10-6-5-9-19(22)16-20(23)15-18-7-3-2-4-8-18;1-17-7-13-22(14-8-17)27(24,25)26-21-11-9-19(10-12-21)16-20(23)15-18-5-3-2-4-6-18;16-14(11-12-7-3-1-4-8-12)15-13-9-5-2-6-10-13;1-7-3-5-8(6-4-7)12(9,10)11-2/h2*2-14H,15-16H2,1H3;1-10H,11H2,(H,15,16);3-6H,1-2H3. The van der Waals surface area contributed by atoms with Crippen LogP contribution in [0.25, 0.3) is 0 Å². The lowest BCUT2D eigenvalue weighted by molar-refractivity contribution is -0.118. The zero-order valence-corrected chi connectivity index (χ0v) is 48.2. The maximum Gasteiger partial charge on any atom is 0.339 e. The van der Waals surface area contributed by atoms with Crippen LogP contribution in [0.15, 0.2) is 257 Å². The molecule has 0 aromatic heterocycles. The average Bonchev–Trinajstić information content (AvgIpc) is 3.64. The molecule has 0 bridgehead atoms. The number of carbonyl (C=O) groups excluding carboxylic acids is 3. The number of aryl methyl sites for hydroxylation is 3. The first-order chi connectivity index (χ1) is 39.3. The highest BCUT2D eigenvalue weighted by Gasteiger charge is 2.20. The summed E-state index contributed by atoms with van der Waals surface area (Å²) in [4.78, 5) is 36.6. The van der Waals surface area contributed by atoms with Gasteiger partial charge in [0.25, 0.3) is 10.1 Å². The molecule has 0 aliphatic carbocycles. The van der Waals surface area contributed by atoms with Crippen molar-refractivity contribution in [1.29, 1.82) is 0 Å². The molecule has 0 aliphatic heterocycles. The van der Waals surface area contributed by atoms with Gasteiger partial charge in [0.2, 0.25) is 5.91 Å². The van der Waals surface area contributed by atoms with Crippen LogP contribution < -0.4 is 13.7 Å². The summed E-state index contributed by atoms with van der Waals surface area (Å²) in [6.45, 7) is 5.66. The van der Waals surface area contributed by atoms with E-state index in [1.165, 1.54) is 36.4 Å². The van der Waals surface area contributed by atoms with E-state index in [1.807, 2.05) is 142 Å². The molecule has 9 aromatic carbocycles. The van der Waals surface area contributed by atoms with Gasteiger partial charge in [0.05, 0.1) is 18.4 Å². The fraction of sp³-hybridized carbons (Fsp3) is 0.136. The van der Waals surface area contributed by atoms with Crippen molar-refractivity contribution in [1.82, 2.24) is 0 Å². The van der Waals surface area contributed by atoms with Gasteiger partial charge in [-0.05, 0) is 110 Å². The van der Waals surface area contributed by atoms with Crippen molar-refractivity contribution in [2.24, 2.45) is 0 Å². The van der Waals surface area contributed by atoms with Crippen molar-refractivity contribution >= 4 is 53.5 Å². The average molecular weight is 1160 g/mol. The van der Waals surface area contributed by atoms with Gasteiger partial charge in [0, 0.05) is 36.9 Å². The second kappa shape index (κ2) is 30.7. The van der Waals surface area contributed by atoms with E-state index in [-0.39, 0.29) is 50.1 Å². The van der Waals surface area contributed by atoms with Crippen LogP contribution >= 0.6 is 0 Å². The number of para-hydroxylation sites is 2. The normalized spacial score (nSPS) is 10.9. The number of amides is 1. The molecule has 1 N–H and O–H groups in total. The molecule has 0 saturated carbocycles. The van der Waals surface area contributed by atoms with Gasteiger partial charge in [-0.25, -0.2) is 0 Å². The number of benzene rings is 9. The minimum Gasteiger partial charge on any atom is -0.379 e. The molecule has 13 nitrogen and oxygen atoms in total. The minimum absolute atomic E-state index is 0.00927. The Hall–Kier alpha value is -8.80. The molecule has 82 heavy (non-hydrogen) atoms. The van der Waals surface area contributed by atoms with E-state index in [0.29, 0.717) is 31.2 Å². The maximum absolute atomic E-state index is 12.5. The lowest BCUT2D eigenvalue weighted by Gasteiger charge is -2.11. The van der Waals surface area contributed by atoms with Crippen LogP contribution in [0.3, 0.4) is 0 Å². The molecule has 9 aromatic rings. The highest BCUT2D eigenvalue weighted by molar-refractivity contribution is 7.87. The zero-order chi connectivity index (χ0) is 59.0. The first-order valence-corrected chi connectivity index (χ1v) is 30.1. The smallest absolute Gasteiger partial charge is 0.339 e. The second-order valence-corrected chi connectivity index (χ2v) is 23.5. The minimum atomic E-state index is -3.96. The quantitative estimate of drug-likeness (QED) is 0.0754. The first kappa shape index (κ1) is 62.4. The predicted molar refractivity (Wildman–Crippen MR) is 319 cm³/mol. The highest BCUT2D eigenvalue weighted by atomic mass is 32.2. The fourth-order valence-electron chi connectivity index (χ4n) is 7.67. The number of hydrogen-bond donors (Lipinski definition) is 1. The third kappa shape index (κ3) is 21.0. The Morgan fingerprint density at radius 1 is 0.354 bits per heavy atom. The summed E-state index contributed by atoms with van der Waals surface area (Å²) in [6.07, 6.45) is 1.48. The van der Waals surface area contributed by atoms with Gasteiger partial charge in [0.1, 0.15) is 32.9 Å². The molecule has 1 amide bonds. The van der Waals surface area contributed by atoms with Crippen molar-refractivity contribution in [3.8, 4) is 11.5 Å². The number of Topliss-reactive ketones (excluding diaryl/α,β-unsaturated/α-hetero) is 2. The molecule has 0 radical (unpaired) electrons. The van der Waals surface area contributed by atoms with Gasteiger partial charge in [-0.15, -0.1) is 0 Å². The maximum atomic E-state index is 12.5. The SMILES string of the molecule is COS(=O)(=O)c1ccc(C)cc1.Cc1ccc(S(=O)(=O)Oc2ccc(CC(=O)Cc3ccccc3)cc2)cc1.Cc1ccc(S(=O)(=O)Oc2ccccc2CC(=O)Cc2ccccc2)cc1.O=C(Cc1ccccc1)Nc1ccccc1. The van der Waals surface area contributed by atoms with Gasteiger partial charge < -0.3 is 13.7 Å². The number of rotatable bonds is 19. The fourth-order valence-corrected chi connectivity index (χ4v) is 10.2. The van der Waals surface area contributed by atoms with Crippen molar-refractivity contribution < 1.29 is 52.2 Å². The van der Waals surface area contributed by atoms with E-state index in [9.17, 15) is 39.6 Å². The van der Waals surface area contributed by atoms with Crippen LogP contribution in [0.1, 0.15) is 44.5 Å². The van der Waals surface area contributed by atoms with Crippen molar-refractivity contribution in [3.63, 3.8) is 0 Å². The highest BCUT2D eigenvalue weighted by Crippen LogP contribution is 2.25. The summed E-state index contributed by atoms with van der Waals surface area (Å²) in [5.41, 5.74) is 8.08. The Bertz CT molecular complexity index is 3770. The van der Waals surface area contributed by atoms with Crippen LogP contribution in [-0.4, -0.2) is 49.8 Å². The van der Waals surface area contributed by atoms with E-state index in [0.717, 1.165) is 51.7 Å². The summed E-state index contributed by atoms with van der Waals surface area (Å²) in [7, 11) is -10.2. The molecule has 0 atom stereocenters. The molecule has 0 aliphatic rings. The number of ketones is 2. The molecule has 9 rings (SSSR count). The summed E-state index contributed by atoms with van der Waals surface area (Å²) >= 11 is 0. The second-order valence-electron chi connectivity index (χ2n) is 18.7. The number of hydrogen-bond acceptors (Lipinski definition) is 12. The predicted octanol–water partition coefficient (Wildman–Crippen LogP) is 12.4. The molecule has 16 heteroatoms. The molecule has 0 fully saturated rings. The molecule has 0 heterocycles. The third-order valence-electron chi connectivity index (χ3n) is 12.0. The largest absolute Gasteiger partial charge is 0.379 e. The molecular formula is C66H63NO12S3. The van der Waals surface area contributed by atoms with Crippen LogP contribution in [0.5, 0.6) is 11.5 Å². The first-order valence-electron chi connectivity index (χ1n) is 25.8. The molecule has 0 spiro atoms. The van der Waals surface area contributed by atoms with Gasteiger partial charge >= 0.3 is 20.2 Å². The molecule has 0 unspecified atom stereocenters. The van der Waals surface area contributed by atoms with E-state index in [4.69, 9.17) is 8.37 Å². The van der Waals surface area contributed by atoms with E-state index in [1.54, 1.807) is 84.9 Å². The monoisotopic (exact) mass is 1160 g/mol. The van der Waals surface area contributed by atoms with Gasteiger partial charge in [-0.2, -0.15) is 25.3 Å². The Morgan fingerprint density at radius 2 is 0.695 bits per heavy atom. The topological polar surface area (TPSA) is 193 Å². The van der Waals surface area contributed by atoms with Crippen molar-refractivity contribution in [2.45, 2.75) is 67.6 Å². The summed E-state index contributed by atoms with van der Waals surface area (Å²) < 4.78 is 86.7. The van der Waals surface area contributed by atoms with E-state index in [2.05, 4.69) is 9.50 Å². The Morgan fingerprint density at radius 3 is 1.12 bits per heavy atom. The molecule has 0 saturated heterocycles. The van der Waals surface area contributed by atoms with Crippen LogP contribution in [0.4, 0.5) is 5.69 Å². The van der Waals surface area contributed by atoms with Gasteiger partial charge in [0.15, 0.2) is 0 Å². The van der Waals surface area contributed by atoms with Crippen LogP contribution in [0.2, 0.25) is 0 Å². The van der Waals surface area contributed by atoms with Gasteiger partial charge in [-0.1, -0.05) is 193 Å². The summed E-state index contributed by atoms with van der Waals surface area (Å²) in [6, 6.07) is 70.9. The third-order valence-corrected chi connectivity index (χ3v) is 15.8. The Kier molecular flexibility index (Phi) is 23.4.